The molecule has 1 aromatic rings. The SMILES string of the molecule is COc1ccc(N2CCC[C@]3(C2)CN(S(C)(=O)=O)CCO3)cc1. The standard InChI is InChI=1S/C16H24N2O4S/c1-21-15-6-4-14(5-7-15)17-9-3-8-16(12-17)13-18(10-11-22-16)23(2,19)20/h4-7H,3,8-13H2,1-2H3/t16-/m0/s1. The third-order valence-corrected chi connectivity index (χ3v) is 5.91. The lowest BCUT2D eigenvalue weighted by Crippen LogP contribution is -2.60. The molecule has 1 spiro atoms. The van der Waals surface area contributed by atoms with Gasteiger partial charge in [0.1, 0.15) is 5.75 Å². The van der Waals surface area contributed by atoms with E-state index in [1.807, 2.05) is 24.3 Å². The fourth-order valence-electron chi connectivity index (χ4n) is 3.45. The zero-order chi connectivity index (χ0) is 16.5. The summed E-state index contributed by atoms with van der Waals surface area (Å²) < 4.78 is 36.6. The lowest BCUT2D eigenvalue weighted by molar-refractivity contribution is -0.0948. The van der Waals surface area contributed by atoms with Crippen LogP contribution < -0.4 is 9.64 Å². The van der Waals surface area contributed by atoms with Crippen LogP contribution in [0.4, 0.5) is 5.69 Å². The van der Waals surface area contributed by atoms with E-state index in [2.05, 4.69) is 4.90 Å². The predicted octanol–water partition coefficient (Wildman–Crippen LogP) is 1.33. The van der Waals surface area contributed by atoms with Gasteiger partial charge in [0.25, 0.3) is 0 Å². The molecule has 0 radical (unpaired) electrons. The highest BCUT2D eigenvalue weighted by Gasteiger charge is 2.42. The van der Waals surface area contributed by atoms with Gasteiger partial charge in [0.05, 0.1) is 25.6 Å². The Morgan fingerprint density at radius 1 is 1.17 bits per heavy atom. The van der Waals surface area contributed by atoms with E-state index >= 15 is 0 Å². The lowest BCUT2D eigenvalue weighted by atomic mass is 9.91. The molecule has 23 heavy (non-hydrogen) atoms. The molecule has 2 saturated heterocycles. The van der Waals surface area contributed by atoms with Gasteiger partial charge in [0.2, 0.25) is 10.0 Å². The minimum absolute atomic E-state index is 0.403. The quantitative estimate of drug-likeness (QED) is 0.831. The Hall–Kier alpha value is -1.31. The number of hydrogen-bond acceptors (Lipinski definition) is 5. The highest BCUT2D eigenvalue weighted by atomic mass is 32.2. The first-order valence-corrected chi connectivity index (χ1v) is 9.75. The molecule has 3 rings (SSSR count). The van der Waals surface area contributed by atoms with E-state index in [0.717, 1.165) is 30.8 Å². The summed E-state index contributed by atoms with van der Waals surface area (Å²) in [6, 6.07) is 7.96. The van der Waals surface area contributed by atoms with Crippen LogP contribution in [0.5, 0.6) is 5.75 Å². The van der Waals surface area contributed by atoms with E-state index in [1.54, 1.807) is 11.4 Å². The molecule has 0 saturated carbocycles. The Kier molecular flexibility index (Phi) is 4.53. The van der Waals surface area contributed by atoms with Gasteiger partial charge in [-0.15, -0.1) is 0 Å². The van der Waals surface area contributed by atoms with Gasteiger partial charge in [-0.3, -0.25) is 0 Å². The average Bonchev–Trinajstić information content (AvgIpc) is 2.54. The molecule has 2 aliphatic heterocycles. The van der Waals surface area contributed by atoms with Crippen molar-refractivity contribution in [2.24, 2.45) is 0 Å². The van der Waals surface area contributed by atoms with Crippen molar-refractivity contribution in [2.75, 3.05) is 51.1 Å². The van der Waals surface area contributed by atoms with Crippen LogP contribution in [0.2, 0.25) is 0 Å². The maximum Gasteiger partial charge on any atom is 0.211 e. The first kappa shape index (κ1) is 16.5. The molecule has 6 nitrogen and oxygen atoms in total. The van der Waals surface area contributed by atoms with Crippen LogP contribution >= 0.6 is 0 Å². The Labute approximate surface area is 138 Å². The molecule has 2 fully saturated rings. The number of morpholine rings is 1. The summed E-state index contributed by atoms with van der Waals surface area (Å²) in [5, 5.41) is 0. The zero-order valence-electron chi connectivity index (χ0n) is 13.7. The summed E-state index contributed by atoms with van der Waals surface area (Å²) in [5.41, 5.74) is 0.712. The Bertz CT molecular complexity index is 643. The normalized spacial score (nSPS) is 26.4. The van der Waals surface area contributed by atoms with Crippen LogP contribution in [-0.4, -0.2) is 64.5 Å². The van der Waals surface area contributed by atoms with Crippen molar-refractivity contribution in [3.63, 3.8) is 0 Å². The third-order valence-electron chi connectivity index (χ3n) is 4.66. The summed E-state index contributed by atoms with van der Waals surface area (Å²) in [6.07, 6.45) is 3.16. The van der Waals surface area contributed by atoms with Gasteiger partial charge < -0.3 is 14.4 Å². The number of sulfonamides is 1. The predicted molar refractivity (Wildman–Crippen MR) is 89.5 cm³/mol. The summed E-state index contributed by atoms with van der Waals surface area (Å²) in [7, 11) is -1.52. The van der Waals surface area contributed by atoms with Crippen molar-refractivity contribution in [2.45, 2.75) is 18.4 Å². The summed E-state index contributed by atoms with van der Waals surface area (Å²) in [6.45, 7) is 3.02. The molecule has 128 valence electrons. The minimum atomic E-state index is -3.17. The molecule has 2 aliphatic rings. The molecule has 0 amide bonds. The monoisotopic (exact) mass is 340 g/mol. The van der Waals surface area contributed by atoms with Crippen LogP contribution in [0.25, 0.3) is 0 Å². The van der Waals surface area contributed by atoms with E-state index in [4.69, 9.17) is 9.47 Å². The van der Waals surface area contributed by atoms with Crippen molar-refractivity contribution in [1.29, 1.82) is 0 Å². The van der Waals surface area contributed by atoms with Gasteiger partial charge in [-0.1, -0.05) is 0 Å². The lowest BCUT2D eigenvalue weighted by Gasteiger charge is -2.48. The molecule has 2 heterocycles. The fraction of sp³-hybridized carbons (Fsp3) is 0.625. The number of benzene rings is 1. The fourth-order valence-corrected chi connectivity index (χ4v) is 4.33. The second-order valence-corrected chi connectivity index (χ2v) is 8.33. The smallest absolute Gasteiger partial charge is 0.211 e. The van der Waals surface area contributed by atoms with Gasteiger partial charge in [-0.05, 0) is 37.1 Å². The van der Waals surface area contributed by atoms with Gasteiger partial charge in [0.15, 0.2) is 0 Å². The summed E-state index contributed by atoms with van der Waals surface area (Å²) in [5.74, 6) is 0.831. The number of rotatable bonds is 3. The van der Waals surface area contributed by atoms with Crippen molar-refractivity contribution < 1.29 is 17.9 Å². The van der Waals surface area contributed by atoms with E-state index < -0.39 is 15.6 Å². The highest BCUT2D eigenvalue weighted by Crippen LogP contribution is 2.32. The second kappa shape index (κ2) is 6.30. The van der Waals surface area contributed by atoms with Crippen molar-refractivity contribution in [3.05, 3.63) is 24.3 Å². The Morgan fingerprint density at radius 2 is 1.91 bits per heavy atom. The van der Waals surface area contributed by atoms with E-state index in [0.29, 0.717) is 26.2 Å². The minimum Gasteiger partial charge on any atom is -0.497 e. The molecule has 0 bridgehead atoms. The summed E-state index contributed by atoms with van der Waals surface area (Å²) >= 11 is 0. The summed E-state index contributed by atoms with van der Waals surface area (Å²) in [4.78, 5) is 2.27. The zero-order valence-corrected chi connectivity index (χ0v) is 14.5. The van der Waals surface area contributed by atoms with Crippen molar-refractivity contribution in [1.82, 2.24) is 4.31 Å². The maximum absolute atomic E-state index is 11.9. The first-order valence-electron chi connectivity index (χ1n) is 7.90. The van der Waals surface area contributed by atoms with Gasteiger partial charge in [0, 0.05) is 31.9 Å². The van der Waals surface area contributed by atoms with Crippen molar-refractivity contribution in [3.8, 4) is 5.75 Å². The molecule has 0 N–H and O–H groups in total. The number of piperidine rings is 1. The molecular formula is C16H24N2O4S. The molecular weight excluding hydrogens is 316 g/mol. The van der Waals surface area contributed by atoms with Crippen LogP contribution in [0, 0.1) is 0 Å². The number of nitrogens with zero attached hydrogens (tertiary/aromatic N) is 2. The van der Waals surface area contributed by atoms with Crippen molar-refractivity contribution >= 4 is 15.7 Å². The van der Waals surface area contributed by atoms with E-state index in [9.17, 15) is 8.42 Å². The van der Waals surface area contributed by atoms with Crippen LogP contribution in [0.1, 0.15) is 12.8 Å². The van der Waals surface area contributed by atoms with Crippen LogP contribution in [-0.2, 0) is 14.8 Å². The van der Waals surface area contributed by atoms with Crippen LogP contribution in [0.15, 0.2) is 24.3 Å². The molecule has 7 heteroatoms. The Balaban J connectivity index is 1.76. The maximum atomic E-state index is 11.9. The second-order valence-electron chi connectivity index (χ2n) is 6.35. The molecule has 0 aliphatic carbocycles. The molecule has 0 aromatic heterocycles. The van der Waals surface area contributed by atoms with Gasteiger partial charge >= 0.3 is 0 Å². The number of ether oxygens (including phenoxy) is 2. The average molecular weight is 340 g/mol. The first-order chi connectivity index (χ1) is 10.9. The largest absolute Gasteiger partial charge is 0.497 e. The molecule has 1 atom stereocenters. The number of hydrogen-bond donors (Lipinski definition) is 0. The van der Waals surface area contributed by atoms with E-state index in [1.165, 1.54) is 6.26 Å². The number of methoxy groups -OCH3 is 1. The highest BCUT2D eigenvalue weighted by molar-refractivity contribution is 7.88. The molecule has 1 aromatic carbocycles. The Morgan fingerprint density at radius 3 is 2.57 bits per heavy atom. The molecule has 0 unspecified atom stereocenters. The van der Waals surface area contributed by atoms with E-state index in [-0.39, 0.29) is 0 Å². The topological polar surface area (TPSA) is 59.1 Å². The third kappa shape index (κ3) is 3.62. The van der Waals surface area contributed by atoms with Crippen LogP contribution in [0.3, 0.4) is 0 Å². The number of anilines is 1. The van der Waals surface area contributed by atoms with Gasteiger partial charge in [-0.25, -0.2) is 8.42 Å². The van der Waals surface area contributed by atoms with Gasteiger partial charge in [-0.2, -0.15) is 4.31 Å².